The fraction of sp³-hybridized carbons (Fsp3) is 0.923. The molecule has 0 bridgehead atoms. The van der Waals surface area contributed by atoms with Gasteiger partial charge < -0.3 is 15.4 Å². The minimum absolute atomic E-state index is 0.148. The molecule has 0 saturated carbocycles. The Morgan fingerprint density at radius 2 is 2.12 bits per heavy atom. The van der Waals surface area contributed by atoms with Crippen molar-refractivity contribution < 1.29 is 9.53 Å². The molecule has 2 rings (SSSR count). The number of ether oxygens (including phenoxy) is 1. The Bertz CT molecular complexity index is 275. The summed E-state index contributed by atoms with van der Waals surface area (Å²) >= 11 is 0. The van der Waals surface area contributed by atoms with Crippen LogP contribution in [0.1, 0.15) is 39.0 Å². The number of hydrogen-bond donors (Lipinski definition) is 1. The molecule has 2 aliphatic rings. The van der Waals surface area contributed by atoms with Crippen molar-refractivity contribution in [1.29, 1.82) is 0 Å². The molecule has 4 nitrogen and oxygen atoms in total. The first kappa shape index (κ1) is 12.8. The zero-order chi connectivity index (χ0) is 12.3. The van der Waals surface area contributed by atoms with Gasteiger partial charge in [-0.15, -0.1) is 0 Å². The first-order valence-corrected chi connectivity index (χ1v) is 6.79. The highest BCUT2D eigenvalue weighted by atomic mass is 16.5. The fourth-order valence-corrected chi connectivity index (χ4v) is 3.00. The standard InChI is InChI=1S/C13H24N2O2/c1-2-3-11(14)12(16)15-7-4-13(10-15)5-8-17-9-6-13/h11H,2-10,14H2,1H3. The maximum absolute atomic E-state index is 12.1. The van der Waals surface area contributed by atoms with Gasteiger partial charge in [-0.05, 0) is 31.1 Å². The molecule has 1 unspecified atom stereocenters. The second-order valence-corrected chi connectivity index (χ2v) is 5.52. The fourth-order valence-electron chi connectivity index (χ4n) is 3.00. The highest BCUT2D eigenvalue weighted by Gasteiger charge is 2.41. The van der Waals surface area contributed by atoms with Crippen molar-refractivity contribution in [3.63, 3.8) is 0 Å². The molecule has 0 aromatic carbocycles. The molecule has 4 heteroatoms. The number of carbonyl (C=O) groups excluding carboxylic acids is 1. The van der Waals surface area contributed by atoms with Crippen molar-refractivity contribution in [3.8, 4) is 0 Å². The summed E-state index contributed by atoms with van der Waals surface area (Å²) in [6.07, 6.45) is 5.09. The first-order chi connectivity index (χ1) is 8.17. The third-order valence-electron chi connectivity index (χ3n) is 4.22. The highest BCUT2D eigenvalue weighted by Crippen LogP contribution is 2.39. The van der Waals surface area contributed by atoms with Gasteiger partial charge in [0, 0.05) is 26.3 Å². The van der Waals surface area contributed by atoms with Crippen LogP contribution in [0.5, 0.6) is 0 Å². The molecular formula is C13H24N2O2. The predicted octanol–water partition coefficient (Wildman–Crippen LogP) is 1.14. The molecule has 2 aliphatic heterocycles. The van der Waals surface area contributed by atoms with E-state index in [1.807, 2.05) is 4.90 Å². The van der Waals surface area contributed by atoms with Crippen molar-refractivity contribution >= 4 is 5.91 Å². The van der Waals surface area contributed by atoms with E-state index in [9.17, 15) is 4.79 Å². The van der Waals surface area contributed by atoms with Gasteiger partial charge >= 0.3 is 0 Å². The van der Waals surface area contributed by atoms with Crippen LogP contribution in [0.4, 0.5) is 0 Å². The highest BCUT2D eigenvalue weighted by molar-refractivity contribution is 5.81. The summed E-state index contributed by atoms with van der Waals surface area (Å²) in [7, 11) is 0. The molecule has 0 aromatic rings. The van der Waals surface area contributed by atoms with Gasteiger partial charge in [0.15, 0.2) is 0 Å². The summed E-state index contributed by atoms with van der Waals surface area (Å²) < 4.78 is 5.41. The van der Waals surface area contributed by atoms with Crippen LogP contribution in [0, 0.1) is 5.41 Å². The van der Waals surface area contributed by atoms with Crippen LogP contribution in [0.2, 0.25) is 0 Å². The van der Waals surface area contributed by atoms with Crippen molar-refractivity contribution in [2.75, 3.05) is 26.3 Å². The quantitative estimate of drug-likeness (QED) is 0.805. The summed E-state index contributed by atoms with van der Waals surface area (Å²) in [4.78, 5) is 14.1. The van der Waals surface area contributed by atoms with E-state index < -0.39 is 0 Å². The van der Waals surface area contributed by atoms with E-state index in [1.54, 1.807) is 0 Å². The molecule has 0 aromatic heterocycles. The summed E-state index contributed by atoms with van der Waals surface area (Å²) in [6, 6.07) is -0.296. The van der Waals surface area contributed by atoms with E-state index in [-0.39, 0.29) is 11.9 Å². The Kier molecular flexibility index (Phi) is 4.05. The summed E-state index contributed by atoms with van der Waals surface area (Å²) in [5, 5.41) is 0. The van der Waals surface area contributed by atoms with Gasteiger partial charge in [0.1, 0.15) is 0 Å². The summed E-state index contributed by atoms with van der Waals surface area (Å²) in [5.41, 5.74) is 6.24. The van der Waals surface area contributed by atoms with E-state index in [4.69, 9.17) is 10.5 Å². The number of nitrogens with two attached hydrogens (primary N) is 1. The van der Waals surface area contributed by atoms with Crippen molar-refractivity contribution in [2.45, 2.75) is 45.1 Å². The Morgan fingerprint density at radius 3 is 2.76 bits per heavy atom. The van der Waals surface area contributed by atoms with E-state index in [0.29, 0.717) is 5.41 Å². The molecule has 2 heterocycles. The average Bonchev–Trinajstić information content (AvgIpc) is 2.73. The second kappa shape index (κ2) is 5.36. The Hall–Kier alpha value is -0.610. The maximum atomic E-state index is 12.1. The number of amides is 1. The maximum Gasteiger partial charge on any atom is 0.239 e. The summed E-state index contributed by atoms with van der Waals surface area (Å²) in [6.45, 7) is 5.55. The largest absolute Gasteiger partial charge is 0.381 e. The van der Waals surface area contributed by atoms with E-state index in [2.05, 4.69) is 6.92 Å². The van der Waals surface area contributed by atoms with E-state index in [1.165, 1.54) is 0 Å². The van der Waals surface area contributed by atoms with Gasteiger partial charge in [0.25, 0.3) is 0 Å². The van der Waals surface area contributed by atoms with Crippen LogP contribution >= 0.6 is 0 Å². The lowest BCUT2D eigenvalue weighted by Gasteiger charge is -2.33. The molecule has 1 atom stereocenters. The normalized spacial score (nSPS) is 25.2. The third-order valence-corrected chi connectivity index (χ3v) is 4.22. The molecule has 2 fully saturated rings. The zero-order valence-electron chi connectivity index (χ0n) is 10.8. The minimum Gasteiger partial charge on any atom is -0.381 e. The Balaban J connectivity index is 1.90. The van der Waals surface area contributed by atoms with Gasteiger partial charge in [0.05, 0.1) is 6.04 Å². The van der Waals surface area contributed by atoms with E-state index >= 15 is 0 Å². The van der Waals surface area contributed by atoms with Crippen LogP contribution < -0.4 is 5.73 Å². The number of nitrogens with zero attached hydrogens (tertiary/aromatic N) is 1. The lowest BCUT2D eigenvalue weighted by atomic mass is 9.80. The smallest absolute Gasteiger partial charge is 0.239 e. The molecule has 2 N–H and O–H groups in total. The van der Waals surface area contributed by atoms with E-state index in [0.717, 1.165) is 58.4 Å². The van der Waals surface area contributed by atoms with Crippen LogP contribution in [0.15, 0.2) is 0 Å². The Labute approximate surface area is 103 Å². The summed E-state index contributed by atoms with van der Waals surface area (Å²) in [5.74, 6) is 0.148. The average molecular weight is 240 g/mol. The van der Waals surface area contributed by atoms with Crippen LogP contribution in [0.3, 0.4) is 0 Å². The Morgan fingerprint density at radius 1 is 1.41 bits per heavy atom. The molecule has 2 saturated heterocycles. The topological polar surface area (TPSA) is 55.6 Å². The van der Waals surface area contributed by atoms with Gasteiger partial charge in [-0.1, -0.05) is 13.3 Å². The molecule has 1 spiro atoms. The van der Waals surface area contributed by atoms with Crippen molar-refractivity contribution in [1.82, 2.24) is 4.90 Å². The molecule has 17 heavy (non-hydrogen) atoms. The van der Waals surface area contributed by atoms with Crippen LogP contribution in [-0.4, -0.2) is 43.2 Å². The van der Waals surface area contributed by atoms with Gasteiger partial charge in [0.2, 0.25) is 5.91 Å². The monoisotopic (exact) mass is 240 g/mol. The zero-order valence-corrected chi connectivity index (χ0v) is 10.8. The van der Waals surface area contributed by atoms with Gasteiger partial charge in [-0.3, -0.25) is 4.79 Å². The third kappa shape index (κ3) is 2.80. The van der Waals surface area contributed by atoms with Gasteiger partial charge in [-0.25, -0.2) is 0 Å². The number of likely N-dealkylation sites (tertiary alicyclic amines) is 1. The minimum atomic E-state index is -0.296. The molecule has 0 radical (unpaired) electrons. The molecule has 98 valence electrons. The van der Waals surface area contributed by atoms with Crippen LogP contribution in [0.25, 0.3) is 0 Å². The number of rotatable bonds is 3. The van der Waals surface area contributed by atoms with Crippen molar-refractivity contribution in [3.05, 3.63) is 0 Å². The second-order valence-electron chi connectivity index (χ2n) is 5.52. The van der Waals surface area contributed by atoms with Gasteiger partial charge in [-0.2, -0.15) is 0 Å². The van der Waals surface area contributed by atoms with Crippen LogP contribution in [-0.2, 0) is 9.53 Å². The molecule has 1 amide bonds. The number of hydrogen-bond acceptors (Lipinski definition) is 3. The SMILES string of the molecule is CCCC(N)C(=O)N1CCC2(CCOCC2)C1. The molecular weight excluding hydrogens is 216 g/mol. The lowest BCUT2D eigenvalue weighted by molar-refractivity contribution is -0.132. The lowest BCUT2D eigenvalue weighted by Crippen LogP contribution is -2.44. The predicted molar refractivity (Wildman–Crippen MR) is 66.6 cm³/mol. The molecule has 0 aliphatic carbocycles. The number of carbonyl (C=O) groups is 1. The first-order valence-electron chi connectivity index (χ1n) is 6.79. The van der Waals surface area contributed by atoms with Crippen molar-refractivity contribution in [2.24, 2.45) is 11.1 Å².